The number of rotatable bonds is 4. The maximum Gasteiger partial charge on any atom is 0.260 e. The first-order chi connectivity index (χ1) is 9.99. The number of anilines is 1. The monoisotopic (exact) mass is 342 g/mol. The number of benzene rings is 1. The molecule has 21 heavy (non-hydrogen) atoms. The van der Waals surface area contributed by atoms with Gasteiger partial charge in [-0.25, -0.2) is 18.1 Å². The molecule has 2 heterocycles. The Labute approximate surface area is 130 Å². The van der Waals surface area contributed by atoms with E-state index in [-0.39, 0.29) is 17.4 Å². The van der Waals surface area contributed by atoms with Gasteiger partial charge in [-0.1, -0.05) is 29.8 Å². The largest absolute Gasteiger partial charge is 0.381 e. The van der Waals surface area contributed by atoms with E-state index >= 15 is 0 Å². The van der Waals surface area contributed by atoms with Gasteiger partial charge in [0.05, 0.1) is 0 Å². The summed E-state index contributed by atoms with van der Waals surface area (Å²) in [4.78, 5) is 4.56. The van der Waals surface area contributed by atoms with Crippen LogP contribution >= 0.6 is 22.9 Å². The van der Waals surface area contributed by atoms with Gasteiger partial charge < -0.3 is 5.73 Å². The number of nitrogens with two attached hydrogens (primary N) is 1. The summed E-state index contributed by atoms with van der Waals surface area (Å²) in [7, 11) is -3.79. The van der Waals surface area contributed by atoms with Gasteiger partial charge in [-0.05, 0) is 11.6 Å². The van der Waals surface area contributed by atoms with Crippen LogP contribution < -0.4 is 10.5 Å². The Morgan fingerprint density at radius 2 is 2.14 bits per heavy atom. The molecule has 0 unspecified atom stereocenters. The van der Waals surface area contributed by atoms with Gasteiger partial charge in [0.25, 0.3) is 10.0 Å². The number of hydrogen-bond acceptors (Lipinski definition) is 5. The van der Waals surface area contributed by atoms with Crippen LogP contribution in [0.1, 0.15) is 5.56 Å². The van der Waals surface area contributed by atoms with Gasteiger partial charge >= 0.3 is 0 Å². The Kier molecular flexibility index (Phi) is 3.62. The molecule has 0 amide bonds. The van der Waals surface area contributed by atoms with E-state index in [1.54, 1.807) is 35.8 Å². The maximum absolute atomic E-state index is 12.4. The van der Waals surface area contributed by atoms with Gasteiger partial charge in [-0.3, -0.25) is 4.40 Å². The van der Waals surface area contributed by atoms with Crippen LogP contribution in [0.25, 0.3) is 4.96 Å². The fourth-order valence-electron chi connectivity index (χ4n) is 1.93. The molecular weight excluding hydrogens is 332 g/mol. The number of hydrogen-bond donors (Lipinski definition) is 2. The smallest absolute Gasteiger partial charge is 0.260 e. The molecule has 110 valence electrons. The van der Waals surface area contributed by atoms with Crippen LogP contribution in [-0.4, -0.2) is 17.8 Å². The lowest BCUT2D eigenvalue weighted by Crippen LogP contribution is -2.25. The van der Waals surface area contributed by atoms with Crippen LogP contribution in [-0.2, 0) is 16.6 Å². The molecule has 0 saturated carbocycles. The normalized spacial score (nSPS) is 12.0. The first kappa shape index (κ1) is 14.3. The van der Waals surface area contributed by atoms with E-state index in [2.05, 4.69) is 9.71 Å². The van der Waals surface area contributed by atoms with Crippen molar-refractivity contribution in [2.75, 3.05) is 5.73 Å². The molecule has 0 aliphatic heterocycles. The molecule has 6 nitrogen and oxygen atoms in total. The third kappa shape index (κ3) is 2.62. The third-order valence-corrected chi connectivity index (χ3v) is 5.47. The lowest BCUT2D eigenvalue weighted by molar-refractivity contribution is 0.577. The fourth-order valence-corrected chi connectivity index (χ4v) is 4.12. The van der Waals surface area contributed by atoms with Gasteiger partial charge in [-0.2, -0.15) is 0 Å². The molecule has 0 saturated heterocycles. The summed E-state index contributed by atoms with van der Waals surface area (Å²) in [6, 6.07) is 7.03. The van der Waals surface area contributed by atoms with E-state index in [1.165, 1.54) is 15.7 Å². The zero-order valence-corrected chi connectivity index (χ0v) is 13.0. The van der Waals surface area contributed by atoms with Gasteiger partial charge in [0.15, 0.2) is 15.8 Å². The number of imidazole rings is 1. The average molecular weight is 343 g/mol. The topological polar surface area (TPSA) is 89.5 Å². The zero-order chi connectivity index (χ0) is 15.0. The van der Waals surface area contributed by atoms with Gasteiger partial charge in [0.1, 0.15) is 0 Å². The minimum Gasteiger partial charge on any atom is -0.381 e. The van der Waals surface area contributed by atoms with E-state index in [4.69, 9.17) is 17.3 Å². The standard InChI is InChI=1S/C12H11ClN4O2S2/c13-9-4-2-1-3-8(9)7-15-21(18,19)11-10(14)16-12-17(11)5-6-20-12/h1-6,15H,7,14H2. The van der Waals surface area contributed by atoms with Crippen molar-refractivity contribution in [2.45, 2.75) is 11.6 Å². The number of nitrogens with zero attached hydrogens (tertiary/aromatic N) is 2. The molecule has 0 bridgehead atoms. The summed E-state index contributed by atoms with van der Waals surface area (Å²) in [5, 5.41) is 2.20. The van der Waals surface area contributed by atoms with Crippen molar-refractivity contribution in [3.05, 3.63) is 46.4 Å². The van der Waals surface area contributed by atoms with Crippen molar-refractivity contribution >= 4 is 43.7 Å². The van der Waals surface area contributed by atoms with Crippen molar-refractivity contribution in [3.8, 4) is 0 Å². The van der Waals surface area contributed by atoms with Crippen LogP contribution in [0.2, 0.25) is 5.02 Å². The number of aromatic nitrogens is 2. The lowest BCUT2D eigenvalue weighted by atomic mass is 10.2. The van der Waals surface area contributed by atoms with Crippen molar-refractivity contribution in [3.63, 3.8) is 0 Å². The lowest BCUT2D eigenvalue weighted by Gasteiger charge is -2.07. The zero-order valence-electron chi connectivity index (χ0n) is 10.7. The third-order valence-electron chi connectivity index (χ3n) is 2.91. The predicted octanol–water partition coefficient (Wildman–Crippen LogP) is 2.11. The highest BCUT2D eigenvalue weighted by molar-refractivity contribution is 7.89. The average Bonchev–Trinajstić information content (AvgIpc) is 2.97. The van der Waals surface area contributed by atoms with Crippen LogP contribution in [0.3, 0.4) is 0 Å². The molecule has 3 rings (SSSR count). The van der Waals surface area contributed by atoms with Crippen LogP contribution in [0, 0.1) is 0 Å². The SMILES string of the molecule is Nc1nc2sccn2c1S(=O)(=O)NCc1ccccc1Cl. The van der Waals surface area contributed by atoms with Crippen LogP contribution in [0.15, 0.2) is 40.9 Å². The second kappa shape index (κ2) is 5.30. The molecule has 0 radical (unpaired) electrons. The number of sulfonamides is 1. The predicted molar refractivity (Wildman–Crippen MR) is 83.0 cm³/mol. The Morgan fingerprint density at radius 1 is 1.38 bits per heavy atom. The molecule has 3 aromatic rings. The Bertz CT molecular complexity index is 901. The molecule has 3 N–H and O–H groups in total. The number of thiazole rings is 1. The number of fused-ring (bicyclic) bond motifs is 1. The summed E-state index contributed by atoms with van der Waals surface area (Å²) in [6.45, 7) is 0.0822. The van der Waals surface area contributed by atoms with Crippen LogP contribution in [0.5, 0.6) is 0 Å². The summed E-state index contributed by atoms with van der Waals surface area (Å²) >= 11 is 7.33. The minimum absolute atomic E-state index is 0.0199. The molecule has 0 aliphatic carbocycles. The summed E-state index contributed by atoms with van der Waals surface area (Å²) < 4.78 is 28.8. The quantitative estimate of drug-likeness (QED) is 0.760. The Hall–Kier alpha value is -1.61. The van der Waals surface area contributed by atoms with Crippen LogP contribution in [0.4, 0.5) is 5.82 Å². The highest BCUT2D eigenvalue weighted by atomic mass is 35.5. The van der Waals surface area contributed by atoms with E-state index in [1.807, 2.05) is 0 Å². The first-order valence-electron chi connectivity index (χ1n) is 5.93. The van der Waals surface area contributed by atoms with Gasteiger partial charge in [0, 0.05) is 23.1 Å². The van der Waals surface area contributed by atoms with E-state index in [0.717, 1.165) is 0 Å². The maximum atomic E-state index is 12.4. The molecule has 0 atom stereocenters. The first-order valence-corrected chi connectivity index (χ1v) is 8.67. The highest BCUT2D eigenvalue weighted by Crippen LogP contribution is 2.23. The van der Waals surface area contributed by atoms with E-state index in [9.17, 15) is 8.42 Å². The highest BCUT2D eigenvalue weighted by Gasteiger charge is 2.24. The molecule has 1 aromatic carbocycles. The number of nitrogen functional groups attached to an aromatic ring is 1. The molecule has 0 fully saturated rings. The summed E-state index contributed by atoms with van der Waals surface area (Å²) in [5.41, 5.74) is 6.40. The van der Waals surface area contributed by atoms with Crippen molar-refractivity contribution in [1.29, 1.82) is 0 Å². The Balaban J connectivity index is 1.93. The molecule has 0 spiro atoms. The summed E-state index contributed by atoms with van der Waals surface area (Å²) in [5.74, 6) is -0.0199. The number of nitrogens with one attached hydrogen (secondary N) is 1. The second-order valence-electron chi connectivity index (χ2n) is 4.27. The molecule has 9 heteroatoms. The molecule has 2 aromatic heterocycles. The van der Waals surface area contributed by atoms with Crippen molar-refractivity contribution in [2.24, 2.45) is 0 Å². The Morgan fingerprint density at radius 3 is 2.90 bits per heavy atom. The fraction of sp³-hybridized carbons (Fsp3) is 0.0833. The molecule has 0 aliphatic rings. The number of halogens is 1. The van der Waals surface area contributed by atoms with Crippen molar-refractivity contribution in [1.82, 2.24) is 14.1 Å². The molecular formula is C12H11ClN4O2S2. The van der Waals surface area contributed by atoms with E-state index < -0.39 is 10.0 Å². The van der Waals surface area contributed by atoms with E-state index in [0.29, 0.717) is 15.5 Å². The second-order valence-corrected chi connectivity index (χ2v) is 7.24. The summed E-state index contributed by atoms with van der Waals surface area (Å²) in [6.07, 6.45) is 1.62. The van der Waals surface area contributed by atoms with Gasteiger partial charge in [0.2, 0.25) is 0 Å². The minimum atomic E-state index is -3.79. The van der Waals surface area contributed by atoms with Crippen molar-refractivity contribution < 1.29 is 8.42 Å². The van der Waals surface area contributed by atoms with Gasteiger partial charge in [-0.15, -0.1) is 11.3 Å².